The second-order valence-electron chi connectivity index (χ2n) is 5.00. The van der Waals surface area contributed by atoms with Crippen molar-refractivity contribution < 1.29 is 4.39 Å². The summed E-state index contributed by atoms with van der Waals surface area (Å²) in [4.78, 5) is 0. The van der Waals surface area contributed by atoms with Gasteiger partial charge in [-0.25, -0.2) is 4.39 Å². The summed E-state index contributed by atoms with van der Waals surface area (Å²) < 4.78 is 15.4. The Balaban J connectivity index is 1.81. The van der Waals surface area contributed by atoms with Crippen LogP contribution in [0.2, 0.25) is 5.02 Å². The number of benzene rings is 2. The van der Waals surface area contributed by atoms with E-state index in [2.05, 4.69) is 15.3 Å². The van der Waals surface area contributed by atoms with Gasteiger partial charge in [-0.2, -0.15) is 9.78 Å². The highest BCUT2D eigenvalue weighted by atomic mass is 35.5. The highest BCUT2D eigenvalue weighted by molar-refractivity contribution is 7.98. The van der Waals surface area contributed by atoms with Gasteiger partial charge in [0.1, 0.15) is 5.82 Å². The molecule has 0 unspecified atom stereocenters. The van der Waals surface area contributed by atoms with Gasteiger partial charge < -0.3 is 0 Å². The molecule has 3 rings (SSSR count). The topological polar surface area (TPSA) is 43.1 Å². The lowest BCUT2D eigenvalue weighted by Crippen LogP contribution is -1.98. The van der Waals surface area contributed by atoms with E-state index in [0.717, 1.165) is 5.75 Å². The molecular formula is C17H14ClFN4S. The zero-order valence-electron chi connectivity index (χ0n) is 12.9. The smallest absolute Gasteiger partial charge is 0.206 e. The van der Waals surface area contributed by atoms with Crippen molar-refractivity contribution in [1.82, 2.24) is 14.9 Å². The lowest BCUT2D eigenvalue weighted by Gasteiger charge is -2.03. The quantitative estimate of drug-likeness (QED) is 0.495. The first kappa shape index (κ1) is 16.7. The fourth-order valence-electron chi connectivity index (χ4n) is 2.03. The fourth-order valence-corrected chi connectivity index (χ4v) is 3.13. The summed E-state index contributed by atoms with van der Waals surface area (Å²) in [5.41, 5.74) is 1.42. The highest BCUT2D eigenvalue weighted by Gasteiger charge is 2.10. The van der Waals surface area contributed by atoms with E-state index in [0.29, 0.717) is 16.0 Å². The largest absolute Gasteiger partial charge is 0.212 e. The Kier molecular flexibility index (Phi) is 5.27. The molecule has 0 fully saturated rings. The molecule has 2 aromatic carbocycles. The molecule has 7 heteroatoms. The van der Waals surface area contributed by atoms with E-state index in [1.807, 2.05) is 30.3 Å². The molecule has 122 valence electrons. The van der Waals surface area contributed by atoms with Crippen LogP contribution in [-0.2, 0) is 5.75 Å². The van der Waals surface area contributed by atoms with Gasteiger partial charge in [-0.1, -0.05) is 59.8 Å². The molecule has 3 aromatic rings. The van der Waals surface area contributed by atoms with Gasteiger partial charge in [0, 0.05) is 11.3 Å². The van der Waals surface area contributed by atoms with Crippen molar-refractivity contribution in [3.63, 3.8) is 0 Å². The van der Waals surface area contributed by atoms with Crippen LogP contribution in [0.25, 0.3) is 0 Å². The van der Waals surface area contributed by atoms with E-state index in [1.54, 1.807) is 23.7 Å². The van der Waals surface area contributed by atoms with Gasteiger partial charge in [-0.05, 0) is 24.6 Å². The van der Waals surface area contributed by atoms with E-state index >= 15 is 0 Å². The molecule has 0 atom stereocenters. The molecule has 0 amide bonds. The summed E-state index contributed by atoms with van der Waals surface area (Å²) >= 11 is 7.53. The predicted molar refractivity (Wildman–Crippen MR) is 95.2 cm³/mol. The minimum atomic E-state index is -0.421. The molecule has 0 aliphatic heterocycles. The molecular weight excluding hydrogens is 347 g/mol. The first-order valence-corrected chi connectivity index (χ1v) is 8.58. The van der Waals surface area contributed by atoms with E-state index in [-0.39, 0.29) is 5.56 Å². The van der Waals surface area contributed by atoms with Gasteiger partial charge >= 0.3 is 0 Å². The number of hydrogen-bond donors (Lipinski definition) is 0. The Bertz CT molecular complexity index is 844. The van der Waals surface area contributed by atoms with Gasteiger partial charge in [-0.3, -0.25) is 0 Å². The second-order valence-corrected chi connectivity index (χ2v) is 6.35. The minimum Gasteiger partial charge on any atom is -0.206 e. The Hall–Kier alpha value is -2.18. The summed E-state index contributed by atoms with van der Waals surface area (Å²) in [6, 6.07) is 14.6. The van der Waals surface area contributed by atoms with Crippen LogP contribution in [0.15, 0.2) is 58.8 Å². The summed E-state index contributed by atoms with van der Waals surface area (Å²) in [6.45, 7) is 1.79. The van der Waals surface area contributed by atoms with E-state index in [4.69, 9.17) is 11.6 Å². The molecule has 0 aliphatic rings. The predicted octanol–water partition coefficient (Wildman–Crippen LogP) is 4.55. The maximum Gasteiger partial charge on any atom is 0.212 e. The lowest BCUT2D eigenvalue weighted by molar-refractivity contribution is 0.625. The van der Waals surface area contributed by atoms with E-state index < -0.39 is 5.82 Å². The number of nitrogens with zero attached hydrogens (tertiary/aromatic N) is 4. The molecule has 0 saturated carbocycles. The average Bonchev–Trinajstić information content (AvgIpc) is 2.94. The Morgan fingerprint density at radius 1 is 1.17 bits per heavy atom. The van der Waals surface area contributed by atoms with Crippen molar-refractivity contribution in [2.24, 2.45) is 5.10 Å². The van der Waals surface area contributed by atoms with Crippen LogP contribution in [0.5, 0.6) is 0 Å². The van der Waals surface area contributed by atoms with Crippen LogP contribution in [-0.4, -0.2) is 21.1 Å². The Morgan fingerprint density at radius 2 is 1.96 bits per heavy atom. The number of aromatic nitrogens is 3. The van der Waals surface area contributed by atoms with Crippen LogP contribution >= 0.6 is 23.4 Å². The van der Waals surface area contributed by atoms with Crippen molar-refractivity contribution in [1.29, 1.82) is 0 Å². The van der Waals surface area contributed by atoms with E-state index in [9.17, 15) is 4.39 Å². The molecule has 0 spiro atoms. The van der Waals surface area contributed by atoms with Crippen molar-refractivity contribution >= 4 is 29.6 Å². The molecule has 4 nitrogen and oxygen atoms in total. The third-order valence-corrected chi connectivity index (χ3v) is 4.60. The summed E-state index contributed by atoms with van der Waals surface area (Å²) in [6.07, 6.45) is 1.39. The maximum atomic E-state index is 13.8. The first-order chi connectivity index (χ1) is 11.6. The van der Waals surface area contributed by atoms with Crippen LogP contribution in [0.4, 0.5) is 4.39 Å². The number of thioether (sulfide) groups is 1. The number of hydrogen-bond acceptors (Lipinski definition) is 4. The monoisotopic (exact) mass is 360 g/mol. The van der Waals surface area contributed by atoms with Crippen LogP contribution in [0.1, 0.15) is 17.0 Å². The molecule has 1 aromatic heterocycles. The summed E-state index contributed by atoms with van der Waals surface area (Å²) in [5.74, 6) is 0.944. The fraction of sp³-hybridized carbons (Fsp3) is 0.118. The van der Waals surface area contributed by atoms with Crippen molar-refractivity contribution in [3.8, 4) is 0 Å². The Labute approximate surface area is 148 Å². The number of halogens is 2. The van der Waals surface area contributed by atoms with Crippen molar-refractivity contribution in [3.05, 3.63) is 76.3 Å². The second kappa shape index (κ2) is 7.59. The zero-order valence-corrected chi connectivity index (χ0v) is 14.4. The minimum absolute atomic E-state index is 0.242. The van der Waals surface area contributed by atoms with Crippen molar-refractivity contribution in [2.45, 2.75) is 17.8 Å². The normalized spacial score (nSPS) is 11.3. The standard InChI is InChI=1S/C17H14ClFN4S/c1-12-21-22-17(24-11-13-6-3-2-4-7-13)23(12)20-10-14-15(18)8-5-9-16(14)19/h2-10H,11H2,1H3. The lowest BCUT2D eigenvalue weighted by atomic mass is 10.2. The molecule has 0 N–H and O–H groups in total. The summed E-state index contributed by atoms with van der Waals surface area (Å²) in [5, 5.41) is 13.4. The molecule has 24 heavy (non-hydrogen) atoms. The van der Waals surface area contributed by atoms with Gasteiger partial charge in [0.15, 0.2) is 5.82 Å². The first-order valence-electron chi connectivity index (χ1n) is 7.22. The van der Waals surface area contributed by atoms with Gasteiger partial charge in [-0.15, -0.1) is 10.2 Å². The van der Waals surface area contributed by atoms with Gasteiger partial charge in [0.05, 0.1) is 11.2 Å². The van der Waals surface area contributed by atoms with E-state index in [1.165, 1.54) is 29.6 Å². The molecule has 0 radical (unpaired) electrons. The van der Waals surface area contributed by atoms with Crippen molar-refractivity contribution in [2.75, 3.05) is 0 Å². The van der Waals surface area contributed by atoms with Crippen LogP contribution in [0, 0.1) is 12.7 Å². The third kappa shape index (κ3) is 3.83. The number of rotatable bonds is 5. The molecule has 0 aliphatic carbocycles. The number of aryl methyl sites for hydroxylation is 1. The maximum absolute atomic E-state index is 13.8. The SMILES string of the molecule is Cc1nnc(SCc2ccccc2)n1N=Cc1c(F)cccc1Cl. The average molecular weight is 361 g/mol. The molecule has 1 heterocycles. The summed E-state index contributed by atoms with van der Waals surface area (Å²) in [7, 11) is 0. The highest BCUT2D eigenvalue weighted by Crippen LogP contribution is 2.22. The zero-order chi connectivity index (χ0) is 16.9. The molecule has 0 bridgehead atoms. The van der Waals surface area contributed by atoms with Crippen LogP contribution in [0.3, 0.4) is 0 Å². The third-order valence-electron chi connectivity index (χ3n) is 3.28. The van der Waals surface area contributed by atoms with Gasteiger partial charge in [0.25, 0.3) is 0 Å². The van der Waals surface area contributed by atoms with Crippen LogP contribution < -0.4 is 0 Å². The molecule has 0 saturated heterocycles. The van der Waals surface area contributed by atoms with Gasteiger partial charge in [0.2, 0.25) is 5.16 Å². The Morgan fingerprint density at radius 3 is 2.71 bits per heavy atom.